The number of benzene rings is 2. The van der Waals surface area contributed by atoms with E-state index in [9.17, 15) is 9.59 Å². The van der Waals surface area contributed by atoms with Gasteiger partial charge in [0.05, 0.1) is 5.56 Å². The first-order chi connectivity index (χ1) is 10.1. The summed E-state index contributed by atoms with van der Waals surface area (Å²) in [5, 5.41) is 0. The Hall–Kier alpha value is -2.62. The average molecular weight is 284 g/mol. The third kappa shape index (κ3) is 4.18. The molecular weight excluding hydrogens is 268 g/mol. The first-order valence-corrected chi connectivity index (χ1v) is 6.68. The Balaban J connectivity index is 2.02. The normalized spacial score (nSPS) is 10.0. The van der Waals surface area contributed by atoms with Gasteiger partial charge in [0.2, 0.25) is 0 Å². The number of ether oxygens (including phenoxy) is 2. The highest BCUT2D eigenvalue weighted by Crippen LogP contribution is 2.16. The van der Waals surface area contributed by atoms with Gasteiger partial charge in [-0.25, -0.2) is 4.79 Å². The van der Waals surface area contributed by atoms with Gasteiger partial charge in [0, 0.05) is 6.42 Å². The second-order valence-electron chi connectivity index (χ2n) is 4.55. The average Bonchev–Trinajstić information content (AvgIpc) is 2.50. The van der Waals surface area contributed by atoms with E-state index in [2.05, 4.69) is 0 Å². The first kappa shape index (κ1) is 14.8. The molecule has 0 aliphatic carbocycles. The molecule has 0 saturated carbocycles. The fraction of sp³-hybridized carbons (Fsp3) is 0.176. The molecule has 0 spiro atoms. The summed E-state index contributed by atoms with van der Waals surface area (Å²) < 4.78 is 10.3. The maximum absolute atomic E-state index is 12.0. The molecule has 0 amide bonds. The van der Waals surface area contributed by atoms with Crippen molar-refractivity contribution in [1.29, 1.82) is 0 Å². The minimum absolute atomic E-state index is 0.303. The predicted octanol–water partition coefficient (Wildman–Crippen LogP) is 3.53. The molecule has 2 aromatic carbocycles. The van der Waals surface area contributed by atoms with Crippen molar-refractivity contribution in [3.63, 3.8) is 0 Å². The SMILES string of the molecule is CCC(=O)Oc1ccc(C(=O)Oc2ccc(C)cc2)cc1. The number of hydrogen-bond donors (Lipinski definition) is 0. The Morgan fingerprint density at radius 2 is 1.38 bits per heavy atom. The van der Waals surface area contributed by atoms with Crippen LogP contribution in [0.1, 0.15) is 29.3 Å². The van der Waals surface area contributed by atoms with Crippen molar-refractivity contribution in [1.82, 2.24) is 0 Å². The summed E-state index contributed by atoms with van der Waals surface area (Å²) in [4.78, 5) is 23.1. The third-order valence-corrected chi connectivity index (χ3v) is 2.84. The standard InChI is InChI=1S/C17H16O4/c1-3-16(18)20-14-10-6-13(7-11-14)17(19)21-15-8-4-12(2)5-9-15/h4-11H,3H2,1-2H3. The lowest BCUT2D eigenvalue weighted by Gasteiger charge is -2.06. The van der Waals surface area contributed by atoms with Gasteiger partial charge in [-0.05, 0) is 43.3 Å². The zero-order valence-corrected chi connectivity index (χ0v) is 12.0. The van der Waals surface area contributed by atoms with E-state index in [1.54, 1.807) is 43.3 Å². The lowest BCUT2D eigenvalue weighted by atomic mass is 10.2. The molecule has 2 aromatic rings. The van der Waals surface area contributed by atoms with Crippen molar-refractivity contribution in [2.24, 2.45) is 0 Å². The van der Waals surface area contributed by atoms with E-state index in [0.717, 1.165) is 5.56 Å². The first-order valence-electron chi connectivity index (χ1n) is 6.68. The summed E-state index contributed by atoms with van der Waals surface area (Å²) >= 11 is 0. The van der Waals surface area contributed by atoms with Gasteiger partial charge in [0.15, 0.2) is 0 Å². The van der Waals surface area contributed by atoms with Crippen molar-refractivity contribution in [2.45, 2.75) is 20.3 Å². The monoisotopic (exact) mass is 284 g/mol. The van der Waals surface area contributed by atoms with E-state index in [1.807, 2.05) is 19.1 Å². The van der Waals surface area contributed by atoms with Gasteiger partial charge in [0.25, 0.3) is 0 Å². The van der Waals surface area contributed by atoms with Gasteiger partial charge in [-0.15, -0.1) is 0 Å². The zero-order valence-electron chi connectivity index (χ0n) is 12.0. The summed E-state index contributed by atoms with van der Waals surface area (Å²) in [6.07, 6.45) is 0.303. The van der Waals surface area contributed by atoms with Crippen LogP contribution in [-0.2, 0) is 4.79 Å². The molecule has 2 rings (SSSR count). The molecule has 0 fully saturated rings. The fourth-order valence-corrected chi connectivity index (χ4v) is 1.63. The van der Waals surface area contributed by atoms with E-state index in [-0.39, 0.29) is 5.97 Å². The highest BCUT2D eigenvalue weighted by molar-refractivity contribution is 5.91. The van der Waals surface area contributed by atoms with Crippen molar-refractivity contribution in [3.05, 3.63) is 59.7 Å². The minimum Gasteiger partial charge on any atom is -0.427 e. The summed E-state index contributed by atoms with van der Waals surface area (Å²) in [6.45, 7) is 3.68. The van der Waals surface area contributed by atoms with Gasteiger partial charge >= 0.3 is 11.9 Å². The van der Waals surface area contributed by atoms with Gasteiger partial charge < -0.3 is 9.47 Å². The van der Waals surface area contributed by atoms with Crippen LogP contribution in [0.15, 0.2) is 48.5 Å². The number of aryl methyl sites for hydroxylation is 1. The lowest BCUT2D eigenvalue weighted by molar-refractivity contribution is -0.134. The molecule has 0 N–H and O–H groups in total. The van der Waals surface area contributed by atoms with Gasteiger partial charge in [-0.2, -0.15) is 0 Å². The molecule has 0 unspecified atom stereocenters. The van der Waals surface area contributed by atoms with Crippen LogP contribution in [0.25, 0.3) is 0 Å². The summed E-state index contributed by atoms with van der Waals surface area (Å²) in [6, 6.07) is 13.5. The Bertz CT molecular complexity index is 627. The quantitative estimate of drug-likeness (QED) is 0.636. The Labute approximate surface area is 123 Å². The molecule has 0 aliphatic heterocycles. The number of carbonyl (C=O) groups is 2. The smallest absolute Gasteiger partial charge is 0.343 e. The van der Waals surface area contributed by atoms with E-state index in [1.165, 1.54) is 0 Å². The highest BCUT2D eigenvalue weighted by atomic mass is 16.5. The molecule has 0 bridgehead atoms. The number of carbonyl (C=O) groups excluding carboxylic acids is 2. The van der Waals surface area contributed by atoms with Gasteiger partial charge in [-0.1, -0.05) is 24.6 Å². The van der Waals surface area contributed by atoms with E-state index in [0.29, 0.717) is 23.5 Å². The fourth-order valence-electron chi connectivity index (χ4n) is 1.63. The topological polar surface area (TPSA) is 52.6 Å². The number of hydrogen-bond acceptors (Lipinski definition) is 4. The predicted molar refractivity (Wildman–Crippen MR) is 78.5 cm³/mol. The molecule has 108 valence electrons. The van der Waals surface area contributed by atoms with E-state index in [4.69, 9.17) is 9.47 Å². The van der Waals surface area contributed by atoms with Crippen LogP contribution < -0.4 is 9.47 Å². The summed E-state index contributed by atoms with van der Waals surface area (Å²) in [5.74, 6) is 0.137. The molecule has 0 aliphatic rings. The maximum Gasteiger partial charge on any atom is 0.343 e. The molecule has 4 nitrogen and oxygen atoms in total. The molecule has 4 heteroatoms. The van der Waals surface area contributed by atoms with Crippen LogP contribution in [0.3, 0.4) is 0 Å². The van der Waals surface area contributed by atoms with Crippen molar-refractivity contribution >= 4 is 11.9 Å². The van der Waals surface area contributed by atoms with Crippen molar-refractivity contribution in [3.8, 4) is 11.5 Å². The van der Waals surface area contributed by atoms with Crippen LogP contribution in [0.2, 0.25) is 0 Å². The van der Waals surface area contributed by atoms with Crippen LogP contribution in [0.5, 0.6) is 11.5 Å². The molecule has 0 aromatic heterocycles. The molecule has 0 radical (unpaired) electrons. The van der Waals surface area contributed by atoms with Crippen LogP contribution in [0, 0.1) is 6.92 Å². The Kier molecular flexibility index (Phi) is 4.72. The highest BCUT2D eigenvalue weighted by Gasteiger charge is 2.09. The second-order valence-corrected chi connectivity index (χ2v) is 4.55. The largest absolute Gasteiger partial charge is 0.427 e. The number of esters is 2. The summed E-state index contributed by atoms with van der Waals surface area (Å²) in [7, 11) is 0. The molecule has 21 heavy (non-hydrogen) atoms. The van der Waals surface area contributed by atoms with Gasteiger partial charge in [0.1, 0.15) is 11.5 Å². The molecule has 0 saturated heterocycles. The Morgan fingerprint density at radius 1 is 0.857 bits per heavy atom. The van der Waals surface area contributed by atoms with Crippen LogP contribution in [0.4, 0.5) is 0 Å². The third-order valence-electron chi connectivity index (χ3n) is 2.84. The van der Waals surface area contributed by atoms with Crippen molar-refractivity contribution in [2.75, 3.05) is 0 Å². The summed E-state index contributed by atoms with van der Waals surface area (Å²) in [5.41, 5.74) is 1.49. The zero-order chi connectivity index (χ0) is 15.2. The van der Waals surface area contributed by atoms with Crippen LogP contribution in [-0.4, -0.2) is 11.9 Å². The van der Waals surface area contributed by atoms with E-state index >= 15 is 0 Å². The molecule has 0 atom stereocenters. The second kappa shape index (κ2) is 6.70. The lowest BCUT2D eigenvalue weighted by Crippen LogP contribution is -2.09. The molecule has 0 heterocycles. The van der Waals surface area contributed by atoms with E-state index < -0.39 is 5.97 Å². The van der Waals surface area contributed by atoms with Crippen LogP contribution >= 0.6 is 0 Å². The van der Waals surface area contributed by atoms with Crippen molar-refractivity contribution < 1.29 is 19.1 Å². The maximum atomic E-state index is 12.0. The number of rotatable bonds is 4. The minimum atomic E-state index is -0.452. The molecular formula is C17H16O4. The van der Waals surface area contributed by atoms with Gasteiger partial charge in [-0.3, -0.25) is 4.79 Å². The Morgan fingerprint density at radius 3 is 1.95 bits per heavy atom.